The number of hydrogen-bond acceptors (Lipinski definition) is 2. The molecule has 1 aromatic carbocycles. The lowest BCUT2D eigenvalue weighted by Gasteiger charge is -2.34. The molecule has 98 valence electrons. The third kappa shape index (κ3) is 2.37. The molecule has 0 heterocycles. The highest BCUT2D eigenvalue weighted by molar-refractivity contribution is 5.86. The molecule has 1 aromatic rings. The minimum atomic E-state index is -1.34. The molecule has 18 heavy (non-hydrogen) atoms. The zero-order valence-electron chi connectivity index (χ0n) is 11.2. The number of carboxylic acids is 1. The molecule has 1 unspecified atom stereocenters. The van der Waals surface area contributed by atoms with E-state index in [4.69, 9.17) is 0 Å². The topological polar surface area (TPSA) is 57.6 Å². The van der Waals surface area contributed by atoms with Crippen LogP contribution >= 0.6 is 0 Å². The summed E-state index contributed by atoms with van der Waals surface area (Å²) in [5.74, 6) is -1.32. The van der Waals surface area contributed by atoms with Crippen LogP contribution in [-0.4, -0.2) is 28.9 Å². The van der Waals surface area contributed by atoms with Gasteiger partial charge in [-0.1, -0.05) is 31.2 Å². The maximum Gasteiger partial charge on any atom is 0.334 e. The lowest BCUT2D eigenvalue weighted by Crippen LogP contribution is -2.49. The van der Waals surface area contributed by atoms with Gasteiger partial charge in [-0.15, -0.1) is 0 Å². The van der Waals surface area contributed by atoms with Gasteiger partial charge in [-0.3, -0.25) is 4.79 Å². The highest BCUT2D eigenvalue weighted by Crippen LogP contribution is 2.28. The number of likely N-dealkylation sites (N-methyl/N-ethyl adjacent to an activating group) is 1. The molecule has 0 saturated carbocycles. The minimum Gasteiger partial charge on any atom is -0.479 e. The SMILES string of the molecule is CCc1ccc(C(C)(C(=O)O)N(C)C(C)=O)cc1. The van der Waals surface area contributed by atoms with Crippen molar-refractivity contribution in [2.45, 2.75) is 32.7 Å². The molecule has 0 radical (unpaired) electrons. The molecule has 4 nitrogen and oxygen atoms in total. The van der Waals surface area contributed by atoms with Crippen molar-refractivity contribution in [3.05, 3.63) is 35.4 Å². The van der Waals surface area contributed by atoms with Gasteiger partial charge >= 0.3 is 5.97 Å². The Bertz CT molecular complexity index is 453. The Morgan fingerprint density at radius 3 is 2.11 bits per heavy atom. The predicted molar refractivity (Wildman–Crippen MR) is 69.3 cm³/mol. The summed E-state index contributed by atoms with van der Waals surface area (Å²) in [6.07, 6.45) is 0.895. The molecule has 0 saturated heterocycles. The maximum absolute atomic E-state index is 11.5. The lowest BCUT2D eigenvalue weighted by molar-refractivity contribution is -0.156. The van der Waals surface area contributed by atoms with Gasteiger partial charge in [0, 0.05) is 14.0 Å². The zero-order chi connectivity index (χ0) is 13.9. The highest BCUT2D eigenvalue weighted by atomic mass is 16.4. The van der Waals surface area contributed by atoms with Crippen molar-refractivity contribution in [2.24, 2.45) is 0 Å². The van der Waals surface area contributed by atoms with Crippen molar-refractivity contribution in [1.82, 2.24) is 4.90 Å². The van der Waals surface area contributed by atoms with E-state index >= 15 is 0 Å². The summed E-state index contributed by atoms with van der Waals surface area (Å²) in [6.45, 7) is 4.94. The Morgan fingerprint density at radius 2 is 1.78 bits per heavy atom. The van der Waals surface area contributed by atoms with Crippen LogP contribution in [0.4, 0.5) is 0 Å². The lowest BCUT2D eigenvalue weighted by atomic mass is 9.89. The molecule has 0 aromatic heterocycles. The molecular formula is C14H19NO3. The molecule has 0 bridgehead atoms. The largest absolute Gasteiger partial charge is 0.479 e. The summed E-state index contributed by atoms with van der Waals surface area (Å²) in [4.78, 5) is 24.2. The van der Waals surface area contributed by atoms with Crippen LogP contribution in [0.25, 0.3) is 0 Å². The number of carbonyl (C=O) groups excluding carboxylic acids is 1. The van der Waals surface area contributed by atoms with Gasteiger partial charge in [-0.25, -0.2) is 4.79 Å². The van der Waals surface area contributed by atoms with Crippen LogP contribution in [-0.2, 0) is 21.5 Å². The fourth-order valence-corrected chi connectivity index (χ4v) is 1.84. The molecule has 1 N–H and O–H groups in total. The van der Waals surface area contributed by atoms with Gasteiger partial charge in [0.25, 0.3) is 0 Å². The maximum atomic E-state index is 11.5. The average Bonchev–Trinajstić information content (AvgIpc) is 2.36. The predicted octanol–water partition coefficient (Wildman–Crippen LogP) is 2.03. The molecule has 0 aliphatic rings. The number of nitrogens with zero attached hydrogens (tertiary/aromatic N) is 1. The molecule has 4 heteroatoms. The fourth-order valence-electron chi connectivity index (χ4n) is 1.84. The van der Waals surface area contributed by atoms with E-state index in [2.05, 4.69) is 0 Å². The summed E-state index contributed by atoms with van der Waals surface area (Å²) in [7, 11) is 1.50. The van der Waals surface area contributed by atoms with Crippen molar-refractivity contribution < 1.29 is 14.7 Å². The number of carboxylic acid groups (broad SMARTS) is 1. The fraction of sp³-hybridized carbons (Fsp3) is 0.429. The number of aliphatic carboxylic acids is 1. The number of amides is 1. The van der Waals surface area contributed by atoms with Crippen molar-refractivity contribution >= 4 is 11.9 Å². The van der Waals surface area contributed by atoms with E-state index in [1.165, 1.54) is 25.8 Å². The standard InChI is InChI=1S/C14H19NO3/c1-5-11-6-8-12(9-7-11)14(3,13(17)18)15(4)10(2)16/h6-9H,5H2,1-4H3,(H,17,18). The van der Waals surface area contributed by atoms with E-state index in [1.807, 2.05) is 19.1 Å². The molecular weight excluding hydrogens is 230 g/mol. The van der Waals surface area contributed by atoms with Gasteiger partial charge in [0.2, 0.25) is 5.91 Å². The smallest absolute Gasteiger partial charge is 0.334 e. The molecule has 1 rings (SSSR count). The van der Waals surface area contributed by atoms with Crippen LogP contribution in [0.2, 0.25) is 0 Å². The number of aryl methyl sites for hydroxylation is 1. The third-order valence-electron chi connectivity index (χ3n) is 3.48. The Balaban J connectivity index is 3.26. The second-order valence-electron chi connectivity index (χ2n) is 4.51. The Morgan fingerprint density at radius 1 is 1.28 bits per heavy atom. The van der Waals surface area contributed by atoms with E-state index in [0.717, 1.165) is 12.0 Å². The van der Waals surface area contributed by atoms with Gasteiger partial charge < -0.3 is 10.0 Å². The van der Waals surface area contributed by atoms with Gasteiger partial charge in [-0.05, 0) is 24.5 Å². The number of benzene rings is 1. The summed E-state index contributed by atoms with van der Waals surface area (Å²) in [5, 5.41) is 9.44. The van der Waals surface area contributed by atoms with Crippen molar-refractivity contribution in [3.8, 4) is 0 Å². The zero-order valence-corrected chi connectivity index (χ0v) is 11.2. The van der Waals surface area contributed by atoms with E-state index in [-0.39, 0.29) is 5.91 Å². The summed E-state index contributed by atoms with van der Waals surface area (Å²) in [6, 6.07) is 7.33. The normalized spacial score (nSPS) is 13.8. The van der Waals surface area contributed by atoms with Crippen molar-refractivity contribution in [1.29, 1.82) is 0 Å². The van der Waals surface area contributed by atoms with E-state index < -0.39 is 11.5 Å². The van der Waals surface area contributed by atoms with Crippen LogP contribution in [0, 0.1) is 0 Å². The number of hydrogen-bond donors (Lipinski definition) is 1. The summed E-state index contributed by atoms with van der Waals surface area (Å²) in [5.41, 5.74) is 0.403. The van der Waals surface area contributed by atoms with Crippen molar-refractivity contribution in [3.63, 3.8) is 0 Å². The summed E-state index contributed by atoms with van der Waals surface area (Å²) < 4.78 is 0. The number of rotatable bonds is 4. The molecule has 0 fully saturated rings. The minimum absolute atomic E-state index is 0.278. The molecule has 1 amide bonds. The van der Waals surface area contributed by atoms with E-state index in [0.29, 0.717) is 5.56 Å². The van der Waals surface area contributed by atoms with Crippen LogP contribution in [0.15, 0.2) is 24.3 Å². The monoisotopic (exact) mass is 249 g/mol. The average molecular weight is 249 g/mol. The Kier molecular flexibility index (Phi) is 4.11. The van der Waals surface area contributed by atoms with Gasteiger partial charge in [0.1, 0.15) is 0 Å². The second-order valence-corrected chi connectivity index (χ2v) is 4.51. The first-order valence-electron chi connectivity index (χ1n) is 5.91. The van der Waals surface area contributed by atoms with Crippen LogP contribution in [0.3, 0.4) is 0 Å². The molecule has 0 spiro atoms. The molecule has 0 aliphatic carbocycles. The Labute approximate surface area is 107 Å². The number of carbonyl (C=O) groups is 2. The van der Waals surface area contributed by atoms with Crippen LogP contribution in [0.1, 0.15) is 31.9 Å². The summed E-state index contributed by atoms with van der Waals surface area (Å²) >= 11 is 0. The first-order chi connectivity index (χ1) is 8.33. The first kappa shape index (κ1) is 14.2. The van der Waals surface area contributed by atoms with Crippen LogP contribution in [0.5, 0.6) is 0 Å². The van der Waals surface area contributed by atoms with E-state index in [1.54, 1.807) is 12.1 Å². The highest BCUT2D eigenvalue weighted by Gasteiger charge is 2.40. The molecule has 1 atom stereocenters. The van der Waals surface area contributed by atoms with Crippen LogP contribution < -0.4 is 0 Å². The van der Waals surface area contributed by atoms with Crippen molar-refractivity contribution in [2.75, 3.05) is 7.05 Å². The Hall–Kier alpha value is -1.84. The van der Waals surface area contributed by atoms with Gasteiger partial charge in [0.15, 0.2) is 5.54 Å². The van der Waals surface area contributed by atoms with Gasteiger partial charge in [0.05, 0.1) is 0 Å². The molecule has 0 aliphatic heterocycles. The second kappa shape index (κ2) is 5.21. The van der Waals surface area contributed by atoms with Gasteiger partial charge in [-0.2, -0.15) is 0 Å². The quantitative estimate of drug-likeness (QED) is 0.888. The first-order valence-corrected chi connectivity index (χ1v) is 5.91. The third-order valence-corrected chi connectivity index (χ3v) is 3.48. The van der Waals surface area contributed by atoms with E-state index in [9.17, 15) is 14.7 Å².